The molecule has 28 heavy (non-hydrogen) atoms. The first-order chi connectivity index (χ1) is 13.6. The van der Waals surface area contributed by atoms with Crippen LogP contribution in [0.15, 0.2) is 49.1 Å². The molecule has 2 amide bonds. The second-order valence-corrected chi connectivity index (χ2v) is 6.95. The molecule has 1 aromatic carbocycles. The van der Waals surface area contributed by atoms with E-state index in [-0.39, 0.29) is 6.03 Å². The van der Waals surface area contributed by atoms with Crippen LogP contribution in [-0.4, -0.2) is 32.5 Å². The first-order valence-corrected chi connectivity index (χ1v) is 9.43. The Morgan fingerprint density at radius 2 is 2.04 bits per heavy atom. The van der Waals surface area contributed by atoms with Gasteiger partial charge in [-0.15, -0.1) is 0 Å². The highest BCUT2D eigenvalue weighted by molar-refractivity contribution is 7.22. The van der Waals surface area contributed by atoms with Crippen LogP contribution in [0.3, 0.4) is 0 Å². The van der Waals surface area contributed by atoms with Gasteiger partial charge in [0.05, 0.1) is 28.3 Å². The Kier molecular flexibility index (Phi) is 4.81. The standard InChI is InChI=1S/C19H17N7OS/c1-2-23-18(27)26-19-25-14-7-12(11-4-3-5-21-8-11)6-13(17(14)28-19)15-9-22-10-16(20)24-15/h3-10H,2H2,1H3,(H2,20,24)(H2,23,25,26,27). The van der Waals surface area contributed by atoms with E-state index in [1.807, 2.05) is 31.2 Å². The van der Waals surface area contributed by atoms with Crippen LogP contribution in [0.4, 0.5) is 15.7 Å². The highest BCUT2D eigenvalue weighted by Crippen LogP contribution is 2.38. The lowest BCUT2D eigenvalue weighted by molar-refractivity contribution is 0.252. The van der Waals surface area contributed by atoms with Gasteiger partial charge in [-0.05, 0) is 30.7 Å². The van der Waals surface area contributed by atoms with Gasteiger partial charge in [0.2, 0.25) is 0 Å². The normalized spacial score (nSPS) is 10.8. The fourth-order valence-electron chi connectivity index (χ4n) is 2.79. The lowest BCUT2D eigenvalue weighted by Gasteiger charge is -2.07. The van der Waals surface area contributed by atoms with Crippen LogP contribution in [0, 0.1) is 0 Å². The number of urea groups is 1. The predicted molar refractivity (Wildman–Crippen MR) is 111 cm³/mol. The maximum absolute atomic E-state index is 11.9. The molecule has 8 nitrogen and oxygen atoms in total. The van der Waals surface area contributed by atoms with Gasteiger partial charge in [-0.2, -0.15) is 0 Å². The van der Waals surface area contributed by atoms with Gasteiger partial charge in [0.1, 0.15) is 5.82 Å². The molecule has 0 saturated carbocycles. The summed E-state index contributed by atoms with van der Waals surface area (Å²) >= 11 is 1.38. The smallest absolute Gasteiger partial charge is 0.321 e. The number of nitrogens with two attached hydrogens (primary N) is 1. The maximum Gasteiger partial charge on any atom is 0.321 e. The van der Waals surface area contributed by atoms with Crippen molar-refractivity contribution in [1.82, 2.24) is 25.3 Å². The number of thiazole rings is 1. The number of amides is 2. The number of rotatable bonds is 4. The summed E-state index contributed by atoms with van der Waals surface area (Å²) in [4.78, 5) is 29.2. The molecule has 4 rings (SSSR count). The molecule has 0 atom stereocenters. The lowest BCUT2D eigenvalue weighted by atomic mass is 10.0. The molecule has 0 unspecified atom stereocenters. The molecule has 3 aromatic heterocycles. The van der Waals surface area contributed by atoms with E-state index in [0.717, 1.165) is 26.9 Å². The Morgan fingerprint density at radius 1 is 1.14 bits per heavy atom. The van der Waals surface area contributed by atoms with Crippen molar-refractivity contribution < 1.29 is 4.79 Å². The number of pyridine rings is 1. The van der Waals surface area contributed by atoms with E-state index < -0.39 is 0 Å². The van der Waals surface area contributed by atoms with Gasteiger partial charge < -0.3 is 11.1 Å². The van der Waals surface area contributed by atoms with Crippen LogP contribution in [0.1, 0.15) is 6.92 Å². The van der Waals surface area contributed by atoms with Crippen LogP contribution < -0.4 is 16.4 Å². The van der Waals surface area contributed by atoms with Crippen LogP contribution >= 0.6 is 11.3 Å². The number of hydrogen-bond acceptors (Lipinski definition) is 7. The summed E-state index contributed by atoms with van der Waals surface area (Å²) in [7, 11) is 0. The lowest BCUT2D eigenvalue weighted by Crippen LogP contribution is -2.28. The first kappa shape index (κ1) is 17.8. The topological polar surface area (TPSA) is 119 Å². The summed E-state index contributed by atoms with van der Waals surface area (Å²) in [6.45, 7) is 2.39. The van der Waals surface area contributed by atoms with Crippen molar-refractivity contribution in [2.45, 2.75) is 6.92 Å². The number of carbonyl (C=O) groups excluding carboxylic acids is 1. The van der Waals surface area contributed by atoms with Crippen LogP contribution in [0.5, 0.6) is 0 Å². The Hall–Kier alpha value is -3.59. The maximum atomic E-state index is 11.9. The van der Waals surface area contributed by atoms with Crippen LogP contribution in [0.2, 0.25) is 0 Å². The molecule has 140 valence electrons. The summed E-state index contributed by atoms with van der Waals surface area (Å²) in [6, 6.07) is 7.54. The average molecular weight is 391 g/mol. The molecule has 0 bridgehead atoms. The summed E-state index contributed by atoms with van der Waals surface area (Å²) in [5, 5.41) is 5.97. The zero-order valence-electron chi connectivity index (χ0n) is 15.0. The Balaban J connectivity index is 1.88. The summed E-state index contributed by atoms with van der Waals surface area (Å²) < 4.78 is 0.888. The minimum atomic E-state index is -0.292. The van der Waals surface area contributed by atoms with E-state index in [4.69, 9.17) is 5.73 Å². The molecule has 0 saturated heterocycles. The second-order valence-electron chi connectivity index (χ2n) is 5.95. The zero-order valence-corrected chi connectivity index (χ0v) is 15.8. The summed E-state index contributed by atoms with van der Waals surface area (Å²) in [5.74, 6) is 0.336. The van der Waals surface area contributed by atoms with Crippen molar-refractivity contribution in [2.75, 3.05) is 17.6 Å². The van der Waals surface area contributed by atoms with Gasteiger partial charge in [-0.1, -0.05) is 17.4 Å². The van der Waals surface area contributed by atoms with Crippen molar-refractivity contribution in [3.63, 3.8) is 0 Å². The predicted octanol–water partition coefficient (Wildman–Crippen LogP) is 3.54. The van der Waals surface area contributed by atoms with Gasteiger partial charge in [0.25, 0.3) is 0 Å². The monoisotopic (exact) mass is 391 g/mol. The van der Waals surface area contributed by atoms with Crippen molar-refractivity contribution in [2.24, 2.45) is 0 Å². The highest BCUT2D eigenvalue weighted by atomic mass is 32.1. The van der Waals surface area contributed by atoms with Crippen LogP contribution in [0.25, 0.3) is 32.6 Å². The average Bonchev–Trinajstić information content (AvgIpc) is 3.10. The number of nitrogens with zero attached hydrogens (tertiary/aromatic N) is 4. The molecule has 4 aromatic rings. The van der Waals surface area contributed by atoms with Gasteiger partial charge in [-0.3, -0.25) is 15.3 Å². The number of nitrogens with one attached hydrogen (secondary N) is 2. The fourth-order valence-corrected chi connectivity index (χ4v) is 3.75. The number of benzene rings is 1. The number of carbonyl (C=O) groups is 1. The van der Waals surface area contributed by atoms with E-state index in [9.17, 15) is 4.79 Å². The minimum absolute atomic E-state index is 0.292. The van der Waals surface area contributed by atoms with Gasteiger partial charge in [-0.25, -0.2) is 14.8 Å². The molecule has 0 radical (unpaired) electrons. The molecule has 4 N–H and O–H groups in total. The molecule has 0 spiro atoms. The quantitative estimate of drug-likeness (QED) is 0.490. The van der Waals surface area contributed by atoms with Gasteiger partial charge in [0.15, 0.2) is 5.13 Å². The molecular weight excluding hydrogens is 374 g/mol. The Bertz CT molecular complexity index is 1140. The Morgan fingerprint density at radius 3 is 2.79 bits per heavy atom. The first-order valence-electron chi connectivity index (χ1n) is 8.61. The van der Waals surface area contributed by atoms with Crippen LogP contribution in [-0.2, 0) is 0 Å². The number of anilines is 2. The molecular formula is C19H17N7OS. The minimum Gasteiger partial charge on any atom is -0.382 e. The van der Waals surface area contributed by atoms with E-state index in [1.165, 1.54) is 17.5 Å². The third-order valence-electron chi connectivity index (χ3n) is 3.97. The van der Waals surface area contributed by atoms with Gasteiger partial charge in [0, 0.05) is 30.1 Å². The third kappa shape index (κ3) is 3.60. The molecule has 0 aliphatic heterocycles. The molecule has 0 aliphatic carbocycles. The second kappa shape index (κ2) is 7.57. The van der Waals surface area contributed by atoms with E-state index in [2.05, 4.69) is 30.6 Å². The SMILES string of the molecule is CCNC(=O)Nc1nc2cc(-c3cccnc3)cc(-c3cncc(N)n3)c2s1. The Labute approximate surface area is 164 Å². The molecule has 3 heterocycles. The number of fused-ring (bicyclic) bond motifs is 1. The highest BCUT2D eigenvalue weighted by Gasteiger charge is 2.15. The van der Waals surface area contributed by atoms with Gasteiger partial charge >= 0.3 is 6.03 Å². The summed E-state index contributed by atoms with van der Waals surface area (Å²) in [5.41, 5.74) is 9.96. The van der Waals surface area contributed by atoms with E-state index >= 15 is 0 Å². The van der Waals surface area contributed by atoms with Crippen molar-refractivity contribution in [1.29, 1.82) is 0 Å². The van der Waals surface area contributed by atoms with E-state index in [0.29, 0.717) is 23.2 Å². The largest absolute Gasteiger partial charge is 0.382 e. The summed E-state index contributed by atoms with van der Waals surface area (Å²) in [6.07, 6.45) is 6.68. The third-order valence-corrected chi connectivity index (χ3v) is 4.99. The van der Waals surface area contributed by atoms with E-state index in [1.54, 1.807) is 18.6 Å². The number of nitrogen functional groups attached to an aromatic ring is 1. The molecule has 0 fully saturated rings. The zero-order chi connectivity index (χ0) is 19.5. The van der Waals surface area contributed by atoms with Crippen molar-refractivity contribution >= 4 is 38.5 Å². The van der Waals surface area contributed by atoms with Crippen molar-refractivity contribution in [3.05, 3.63) is 49.1 Å². The fraction of sp³-hybridized carbons (Fsp3) is 0.105. The number of hydrogen-bond donors (Lipinski definition) is 3. The van der Waals surface area contributed by atoms with Crippen molar-refractivity contribution in [3.8, 4) is 22.4 Å². The number of aromatic nitrogens is 4. The molecule has 0 aliphatic rings. The molecule has 9 heteroatoms.